The van der Waals surface area contributed by atoms with E-state index >= 15 is 0 Å². The second kappa shape index (κ2) is 10.2. The van der Waals surface area contributed by atoms with E-state index < -0.39 is 43.0 Å². The highest BCUT2D eigenvalue weighted by Crippen LogP contribution is 2.28. The number of hydrogen-bond acceptors (Lipinski definition) is 8. The second-order valence-corrected chi connectivity index (χ2v) is 10.0. The van der Waals surface area contributed by atoms with Crippen LogP contribution < -0.4 is 4.90 Å². The molecule has 1 heterocycles. The highest BCUT2D eigenvalue weighted by molar-refractivity contribution is 7.92. The molecule has 0 bridgehead atoms. The van der Waals surface area contributed by atoms with Gasteiger partial charge in [-0.25, -0.2) is 8.42 Å². The molecule has 0 spiro atoms. The molecule has 3 rings (SSSR count). The van der Waals surface area contributed by atoms with Crippen LogP contribution >= 0.6 is 0 Å². The number of rotatable bonds is 7. The van der Waals surface area contributed by atoms with Crippen molar-refractivity contribution in [3.8, 4) is 0 Å². The minimum absolute atomic E-state index is 0.0133. The van der Waals surface area contributed by atoms with Gasteiger partial charge in [-0.1, -0.05) is 12.1 Å². The topological polar surface area (TPSA) is 127 Å². The van der Waals surface area contributed by atoms with Gasteiger partial charge in [0.05, 0.1) is 11.5 Å². The van der Waals surface area contributed by atoms with Crippen LogP contribution in [0.3, 0.4) is 0 Å². The van der Waals surface area contributed by atoms with Gasteiger partial charge >= 0.3 is 5.97 Å². The minimum atomic E-state index is -4.32. The summed E-state index contributed by atoms with van der Waals surface area (Å²) in [7, 11) is -4.32. The molecule has 10 nitrogen and oxygen atoms in total. The first-order valence-electron chi connectivity index (χ1n) is 10.8. The summed E-state index contributed by atoms with van der Waals surface area (Å²) < 4.78 is 29.7. The summed E-state index contributed by atoms with van der Waals surface area (Å²) in [5, 5.41) is 11.6. The minimum Gasteiger partial charge on any atom is -0.465 e. The molecule has 1 amide bonds. The van der Waals surface area contributed by atoms with Gasteiger partial charge in [0.25, 0.3) is 11.6 Å². The molecule has 1 fully saturated rings. The molecule has 0 aliphatic carbocycles. The van der Waals surface area contributed by atoms with Crippen LogP contribution in [0.25, 0.3) is 0 Å². The third-order valence-corrected chi connectivity index (χ3v) is 7.25. The lowest BCUT2D eigenvalue weighted by atomic mass is 10.1. The molecule has 1 aliphatic rings. The summed E-state index contributed by atoms with van der Waals surface area (Å²) in [5.74, 6) is -2.44. The number of anilines is 1. The van der Waals surface area contributed by atoms with E-state index in [9.17, 15) is 28.1 Å². The number of ether oxygens (including phenoxy) is 1. The summed E-state index contributed by atoms with van der Waals surface area (Å²) in [4.78, 5) is 38.5. The third-order valence-electron chi connectivity index (χ3n) is 5.62. The normalized spacial score (nSPS) is 14.1. The summed E-state index contributed by atoms with van der Waals surface area (Å²) in [6, 6.07) is 9.40. The van der Waals surface area contributed by atoms with Crippen molar-refractivity contribution < 1.29 is 27.7 Å². The van der Waals surface area contributed by atoms with E-state index in [0.29, 0.717) is 26.2 Å². The van der Waals surface area contributed by atoms with E-state index in [4.69, 9.17) is 0 Å². The molecule has 0 saturated carbocycles. The molecule has 0 unspecified atom stereocenters. The van der Waals surface area contributed by atoms with E-state index in [2.05, 4.69) is 21.8 Å². The maximum atomic E-state index is 13.0. The molecule has 0 N–H and O–H groups in total. The van der Waals surface area contributed by atoms with Crippen LogP contribution in [-0.4, -0.2) is 68.7 Å². The molecule has 1 aliphatic heterocycles. The van der Waals surface area contributed by atoms with Gasteiger partial charge in [0, 0.05) is 43.5 Å². The molecule has 1 saturated heterocycles. The third kappa shape index (κ3) is 5.53. The van der Waals surface area contributed by atoms with E-state index in [0.717, 1.165) is 28.9 Å². The Bertz CT molecular complexity index is 1220. The van der Waals surface area contributed by atoms with Gasteiger partial charge in [0.15, 0.2) is 15.6 Å². The number of sulfone groups is 1. The van der Waals surface area contributed by atoms with Gasteiger partial charge in [-0.05, 0) is 50.1 Å². The molecule has 34 heavy (non-hydrogen) atoms. The summed E-state index contributed by atoms with van der Waals surface area (Å²) in [6.07, 6.45) is 0. The molecule has 0 atom stereocenters. The fourth-order valence-electron chi connectivity index (χ4n) is 3.88. The summed E-state index contributed by atoms with van der Waals surface area (Å²) >= 11 is 0. The molecule has 11 heteroatoms. The Balaban J connectivity index is 1.78. The monoisotopic (exact) mass is 489 g/mol. The first-order valence-corrected chi connectivity index (χ1v) is 12.5. The number of benzene rings is 2. The number of nitro groups is 1. The van der Waals surface area contributed by atoms with Crippen molar-refractivity contribution in [1.82, 2.24) is 4.90 Å². The van der Waals surface area contributed by atoms with Crippen molar-refractivity contribution in [1.29, 1.82) is 0 Å². The zero-order valence-electron chi connectivity index (χ0n) is 19.3. The number of aryl methyl sites for hydroxylation is 2. The van der Waals surface area contributed by atoms with E-state index in [1.165, 1.54) is 13.0 Å². The van der Waals surface area contributed by atoms with Crippen LogP contribution in [0.4, 0.5) is 11.4 Å². The van der Waals surface area contributed by atoms with Gasteiger partial charge in [-0.15, -0.1) is 0 Å². The van der Waals surface area contributed by atoms with E-state index in [1.807, 2.05) is 19.9 Å². The van der Waals surface area contributed by atoms with Crippen LogP contribution in [0.15, 0.2) is 41.3 Å². The molecular weight excluding hydrogens is 462 g/mol. The Hall–Kier alpha value is -3.47. The number of nitrogens with zero attached hydrogens (tertiary/aromatic N) is 3. The van der Waals surface area contributed by atoms with Crippen LogP contribution in [-0.2, 0) is 19.4 Å². The molecule has 0 radical (unpaired) electrons. The smallest absolute Gasteiger partial charge is 0.321 e. The second-order valence-electron chi connectivity index (χ2n) is 8.07. The molecular formula is C23H27N3O7S. The van der Waals surface area contributed by atoms with Crippen LogP contribution in [0, 0.1) is 24.0 Å². The van der Waals surface area contributed by atoms with Gasteiger partial charge in [0.1, 0.15) is 4.90 Å². The lowest BCUT2D eigenvalue weighted by Crippen LogP contribution is -2.49. The standard InChI is InChI=1S/C23H27N3O7S/c1-4-33-22(27)15-34(31,32)21-8-7-18(14-20(21)26(29)30)23(28)25-11-9-24(10-12-25)19-13-16(2)5-6-17(19)3/h5-8,13-14H,4,9-12,15H2,1-3H3. The van der Waals surface area contributed by atoms with Crippen molar-refractivity contribution >= 4 is 33.1 Å². The van der Waals surface area contributed by atoms with Crippen LogP contribution in [0.5, 0.6) is 0 Å². The quantitative estimate of drug-likeness (QED) is 0.330. The number of nitro benzene ring substituents is 1. The molecule has 182 valence electrons. The van der Waals surface area contributed by atoms with Gasteiger partial charge in [-0.3, -0.25) is 19.7 Å². The Kier molecular flexibility index (Phi) is 7.55. The Labute approximate surface area is 198 Å². The number of esters is 1. The predicted octanol–water partition coefficient (Wildman–Crippen LogP) is 2.51. The van der Waals surface area contributed by atoms with E-state index in [1.54, 1.807) is 4.90 Å². The zero-order chi connectivity index (χ0) is 25.0. The van der Waals surface area contributed by atoms with Crippen molar-refractivity contribution in [3.63, 3.8) is 0 Å². The largest absolute Gasteiger partial charge is 0.465 e. The van der Waals surface area contributed by atoms with Crippen molar-refractivity contribution in [3.05, 3.63) is 63.2 Å². The van der Waals surface area contributed by atoms with Crippen molar-refractivity contribution in [2.45, 2.75) is 25.7 Å². The Morgan fingerprint density at radius 1 is 1.06 bits per heavy atom. The highest BCUT2D eigenvalue weighted by atomic mass is 32.2. The van der Waals surface area contributed by atoms with Gasteiger partial charge in [0.2, 0.25) is 0 Å². The fraction of sp³-hybridized carbons (Fsp3) is 0.391. The lowest BCUT2D eigenvalue weighted by molar-refractivity contribution is -0.387. The summed E-state index contributed by atoms with van der Waals surface area (Å²) in [6.45, 7) is 7.60. The summed E-state index contributed by atoms with van der Waals surface area (Å²) in [5.41, 5.74) is 2.66. The highest BCUT2D eigenvalue weighted by Gasteiger charge is 2.31. The molecule has 2 aromatic carbocycles. The predicted molar refractivity (Wildman–Crippen MR) is 126 cm³/mol. The average molecular weight is 490 g/mol. The SMILES string of the molecule is CCOC(=O)CS(=O)(=O)c1ccc(C(=O)N2CCN(c3cc(C)ccc3C)CC2)cc1[N+](=O)[O-]. The zero-order valence-corrected chi connectivity index (χ0v) is 20.1. The van der Waals surface area contributed by atoms with Crippen molar-refractivity contribution in [2.75, 3.05) is 43.4 Å². The molecule has 0 aromatic heterocycles. The van der Waals surface area contributed by atoms with Crippen LogP contribution in [0.1, 0.15) is 28.4 Å². The number of hydrogen-bond donors (Lipinski definition) is 0. The number of amides is 1. The van der Waals surface area contributed by atoms with Gasteiger partial charge < -0.3 is 14.5 Å². The van der Waals surface area contributed by atoms with Crippen molar-refractivity contribution in [2.24, 2.45) is 0 Å². The lowest BCUT2D eigenvalue weighted by Gasteiger charge is -2.37. The number of piperazine rings is 1. The van der Waals surface area contributed by atoms with Crippen LogP contribution in [0.2, 0.25) is 0 Å². The maximum absolute atomic E-state index is 13.0. The number of carbonyl (C=O) groups excluding carboxylic acids is 2. The first kappa shape index (κ1) is 25.2. The first-order chi connectivity index (χ1) is 16.0. The maximum Gasteiger partial charge on any atom is 0.321 e. The van der Waals surface area contributed by atoms with Gasteiger partial charge in [-0.2, -0.15) is 0 Å². The Morgan fingerprint density at radius 3 is 2.35 bits per heavy atom. The Morgan fingerprint density at radius 2 is 1.74 bits per heavy atom. The number of carbonyl (C=O) groups is 2. The fourth-order valence-corrected chi connectivity index (χ4v) is 5.16. The van der Waals surface area contributed by atoms with E-state index in [-0.39, 0.29) is 12.2 Å². The average Bonchev–Trinajstić information content (AvgIpc) is 2.79. The molecule has 2 aromatic rings.